The molecule has 0 radical (unpaired) electrons. The minimum absolute atomic E-state index is 0.0561. The van der Waals surface area contributed by atoms with Gasteiger partial charge in [-0.1, -0.05) is 6.07 Å². The van der Waals surface area contributed by atoms with Crippen LogP contribution in [-0.4, -0.2) is 43.2 Å². The van der Waals surface area contributed by atoms with E-state index in [0.29, 0.717) is 19.0 Å². The van der Waals surface area contributed by atoms with Crippen LogP contribution in [-0.2, 0) is 9.53 Å². The summed E-state index contributed by atoms with van der Waals surface area (Å²) < 4.78 is 24.3. The minimum atomic E-state index is -0.287. The summed E-state index contributed by atoms with van der Waals surface area (Å²) in [4.78, 5) is 14.4. The van der Waals surface area contributed by atoms with Gasteiger partial charge in [-0.05, 0) is 25.0 Å². The number of rotatable bonds is 3. The Morgan fingerprint density at radius 3 is 2.59 bits per heavy atom. The van der Waals surface area contributed by atoms with Gasteiger partial charge in [0.2, 0.25) is 5.91 Å². The molecule has 120 valence electrons. The number of likely N-dealkylation sites (tertiary alicyclic amines) is 1. The van der Waals surface area contributed by atoms with Crippen molar-refractivity contribution in [1.82, 2.24) is 4.90 Å². The molecule has 5 heteroatoms. The molecule has 22 heavy (non-hydrogen) atoms. The Morgan fingerprint density at radius 2 is 1.91 bits per heavy atom. The summed E-state index contributed by atoms with van der Waals surface area (Å²) in [5.74, 6) is 0.654. The first-order chi connectivity index (χ1) is 10.7. The van der Waals surface area contributed by atoms with Gasteiger partial charge in [-0.15, -0.1) is 0 Å². The summed E-state index contributed by atoms with van der Waals surface area (Å²) in [6, 6.07) is 6.22. The van der Waals surface area contributed by atoms with Crippen LogP contribution in [0.5, 0.6) is 5.75 Å². The van der Waals surface area contributed by atoms with E-state index in [9.17, 15) is 9.18 Å². The number of amides is 1. The first-order valence-electron chi connectivity index (χ1n) is 8.01. The normalized spacial score (nSPS) is 20.9. The van der Waals surface area contributed by atoms with Crippen molar-refractivity contribution in [2.24, 2.45) is 5.92 Å². The number of nitrogens with zero attached hydrogens (tertiary/aromatic N) is 1. The highest BCUT2D eigenvalue weighted by atomic mass is 19.1. The lowest BCUT2D eigenvalue weighted by Crippen LogP contribution is -2.45. The Kier molecular flexibility index (Phi) is 4.93. The summed E-state index contributed by atoms with van der Waals surface area (Å²) in [6.07, 6.45) is 3.31. The number of benzene rings is 1. The SMILES string of the molecule is O=C(C1CCOCC1)N1CCC(Oc2cccc(F)c2)CC1. The van der Waals surface area contributed by atoms with Crippen molar-refractivity contribution < 1.29 is 18.7 Å². The zero-order valence-corrected chi connectivity index (χ0v) is 12.7. The number of piperidine rings is 1. The largest absolute Gasteiger partial charge is 0.490 e. The van der Waals surface area contributed by atoms with Crippen LogP contribution >= 0.6 is 0 Å². The molecule has 0 spiro atoms. The monoisotopic (exact) mass is 307 g/mol. The van der Waals surface area contributed by atoms with Gasteiger partial charge in [0, 0.05) is 51.1 Å². The molecule has 0 N–H and O–H groups in total. The Bertz CT molecular complexity index is 508. The van der Waals surface area contributed by atoms with Crippen LogP contribution in [0.3, 0.4) is 0 Å². The third-order valence-corrected chi connectivity index (χ3v) is 4.42. The molecule has 0 atom stereocenters. The lowest BCUT2D eigenvalue weighted by molar-refractivity contribution is -0.140. The van der Waals surface area contributed by atoms with Gasteiger partial charge in [0.25, 0.3) is 0 Å². The van der Waals surface area contributed by atoms with Gasteiger partial charge < -0.3 is 14.4 Å². The van der Waals surface area contributed by atoms with Gasteiger partial charge >= 0.3 is 0 Å². The molecule has 4 nitrogen and oxygen atoms in total. The molecule has 0 unspecified atom stereocenters. The van der Waals surface area contributed by atoms with Crippen LogP contribution in [0.1, 0.15) is 25.7 Å². The summed E-state index contributed by atoms with van der Waals surface area (Å²) in [7, 11) is 0. The van der Waals surface area contributed by atoms with Crippen LogP contribution < -0.4 is 4.74 Å². The van der Waals surface area contributed by atoms with Gasteiger partial charge in [0.15, 0.2) is 0 Å². The van der Waals surface area contributed by atoms with Crippen molar-refractivity contribution in [2.75, 3.05) is 26.3 Å². The van der Waals surface area contributed by atoms with Crippen molar-refractivity contribution in [2.45, 2.75) is 31.8 Å². The van der Waals surface area contributed by atoms with Crippen molar-refractivity contribution in [3.63, 3.8) is 0 Å². The van der Waals surface area contributed by atoms with Crippen LogP contribution in [0.4, 0.5) is 4.39 Å². The second kappa shape index (κ2) is 7.09. The van der Waals surface area contributed by atoms with Crippen molar-refractivity contribution >= 4 is 5.91 Å². The molecular weight excluding hydrogens is 285 g/mol. The molecule has 2 aliphatic heterocycles. The molecule has 3 rings (SSSR count). The van der Waals surface area contributed by atoms with E-state index in [1.54, 1.807) is 12.1 Å². The van der Waals surface area contributed by atoms with E-state index in [2.05, 4.69) is 0 Å². The average molecular weight is 307 g/mol. The predicted octanol–water partition coefficient (Wildman–Crippen LogP) is 2.62. The number of halogens is 1. The summed E-state index contributed by atoms with van der Waals surface area (Å²) in [5.41, 5.74) is 0. The highest BCUT2D eigenvalue weighted by molar-refractivity contribution is 5.79. The summed E-state index contributed by atoms with van der Waals surface area (Å²) in [5, 5.41) is 0. The second-order valence-corrected chi connectivity index (χ2v) is 5.99. The average Bonchev–Trinajstić information content (AvgIpc) is 2.56. The third kappa shape index (κ3) is 3.77. The number of hydrogen-bond donors (Lipinski definition) is 0. The Labute approximate surface area is 130 Å². The highest BCUT2D eigenvalue weighted by Crippen LogP contribution is 2.23. The second-order valence-electron chi connectivity index (χ2n) is 5.99. The lowest BCUT2D eigenvalue weighted by Gasteiger charge is -2.35. The molecule has 1 amide bonds. The molecule has 2 saturated heterocycles. The Balaban J connectivity index is 1.48. The lowest BCUT2D eigenvalue weighted by atomic mass is 9.97. The van der Waals surface area contributed by atoms with E-state index in [-0.39, 0.29) is 23.7 Å². The molecule has 2 heterocycles. The minimum Gasteiger partial charge on any atom is -0.490 e. The van der Waals surface area contributed by atoms with Crippen molar-refractivity contribution in [1.29, 1.82) is 0 Å². The van der Waals surface area contributed by atoms with Crippen molar-refractivity contribution in [3.8, 4) is 5.75 Å². The molecular formula is C17H22FNO3. The van der Waals surface area contributed by atoms with E-state index in [4.69, 9.17) is 9.47 Å². The van der Waals surface area contributed by atoms with E-state index >= 15 is 0 Å². The number of hydrogen-bond acceptors (Lipinski definition) is 3. The number of ether oxygens (including phenoxy) is 2. The van der Waals surface area contributed by atoms with Crippen LogP contribution in [0.15, 0.2) is 24.3 Å². The van der Waals surface area contributed by atoms with Gasteiger partial charge in [-0.3, -0.25) is 4.79 Å². The number of carbonyl (C=O) groups excluding carboxylic acids is 1. The van der Waals surface area contributed by atoms with Crippen LogP contribution in [0, 0.1) is 11.7 Å². The molecule has 0 aliphatic carbocycles. The summed E-state index contributed by atoms with van der Waals surface area (Å²) >= 11 is 0. The maximum atomic E-state index is 13.2. The molecule has 0 saturated carbocycles. The fraction of sp³-hybridized carbons (Fsp3) is 0.588. The zero-order chi connectivity index (χ0) is 15.4. The van der Waals surface area contributed by atoms with Crippen molar-refractivity contribution in [3.05, 3.63) is 30.1 Å². The molecule has 1 aromatic carbocycles. The van der Waals surface area contributed by atoms with E-state index in [0.717, 1.165) is 38.8 Å². The van der Waals surface area contributed by atoms with Gasteiger partial charge in [-0.2, -0.15) is 0 Å². The first kappa shape index (κ1) is 15.3. The topological polar surface area (TPSA) is 38.8 Å². The van der Waals surface area contributed by atoms with Gasteiger partial charge in [-0.25, -0.2) is 4.39 Å². The van der Waals surface area contributed by atoms with Gasteiger partial charge in [0.05, 0.1) is 0 Å². The van der Waals surface area contributed by atoms with Crippen LogP contribution in [0.25, 0.3) is 0 Å². The quantitative estimate of drug-likeness (QED) is 0.861. The Morgan fingerprint density at radius 1 is 1.18 bits per heavy atom. The fourth-order valence-corrected chi connectivity index (χ4v) is 3.13. The van der Waals surface area contributed by atoms with Gasteiger partial charge in [0.1, 0.15) is 17.7 Å². The first-order valence-corrected chi connectivity index (χ1v) is 8.01. The molecule has 2 aliphatic rings. The maximum Gasteiger partial charge on any atom is 0.225 e. The van der Waals surface area contributed by atoms with E-state index in [1.165, 1.54) is 12.1 Å². The number of carbonyl (C=O) groups is 1. The molecule has 0 bridgehead atoms. The third-order valence-electron chi connectivity index (χ3n) is 4.42. The predicted molar refractivity (Wildman–Crippen MR) is 80.2 cm³/mol. The maximum absolute atomic E-state index is 13.2. The molecule has 1 aromatic rings. The molecule has 2 fully saturated rings. The fourth-order valence-electron chi connectivity index (χ4n) is 3.13. The Hall–Kier alpha value is -1.62. The van der Waals surface area contributed by atoms with E-state index in [1.807, 2.05) is 4.90 Å². The summed E-state index contributed by atoms with van der Waals surface area (Å²) in [6.45, 7) is 2.82. The molecule has 0 aromatic heterocycles. The smallest absolute Gasteiger partial charge is 0.225 e. The van der Waals surface area contributed by atoms with Crippen LogP contribution in [0.2, 0.25) is 0 Å². The van der Waals surface area contributed by atoms with E-state index < -0.39 is 0 Å². The standard InChI is InChI=1S/C17H22FNO3/c18-14-2-1-3-16(12-14)22-15-4-8-19(9-5-15)17(20)13-6-10-21-11-7-13/h1-3,12-13,15H,4-11H2. The zero-order valence-electron chi connectivity index (χ0n) is 12.7. The highest BCUT2D eigenvalue weighted by Gasteiger charge is 2.29.